The van der Waals surface area contributed by atoms with E-state index in [2.05, 4.69) is 0 Å². The van der Waals surface area contributed by atoms with Crippen LogP contribution in [0.2, 0.25) is 0 Å². The molecule has 0 atom stereocenters. The summed E-state index contributed by atoms with van der Waals surface area (Å²) in [4.78, 5) is 0.984. The highest BCUT2D eigenvalue weighted by Gasteiger charge is 2.21. The first-order chi connectivity index (χ1) is 11.6. The number of thiophene rings is 1. The van der Waals surface area contributed by atoms with E-state index >= 15 is 0 Å². The van der Waals surface area contributed by atoms with Gasteiger partial charge in [-0.1, -0.05) is 36.4 Å². The fourth-order valence-electron chi connectivity index (χ4n) is 2.20. The maximum Gasteiger partial charge on any atom is 0.236 e. The third-order valence-electron chi connectivity index (χ3n) is 3.42. The summed E-state index contributed by atoms with van der Waals surface area (Å²) in [5.74, 6) is 0.614. The zero-order valence-corrected chi connectivity index (χ0v) is 14.5. The van der Waals surface area contributed by atoms with Crippen LogP contribution < -0.4 is 0 Å². The van der Waals surface area contributed by atoms with Crippen LogP contribution in [-0.2, 0) is 23.1 Å². The van der Waals surface area contributed by atoms with Gasteiger partial charge in [-0.3, -0.25) is 0 Å². The molecule has 0 aliphatic heterocycles. The third-order valence-corrected chi connectivity index (χ3v) is 5.74. The van der Waals surface area contributed by atoms with Crippen molar-refractivity contribution in [2.45, 2.75) is 13.1 Å². The fraction of sp³-hybridized carbons (Fsp3) is 0.111. The standard InChI is InChI=1S/C18H17NO3S2/c20-24(21,13-10-16-6-2-1-3-7-16)19(14-17-8-4-11-22-17)15-18-9-5-12-23-18/h1-13H,14-15H2. The normalized spacial score (nSPS) is 12.2. The van der Waals surface area contributed by atoms with E-state index < -0.39 is 10.0 Å². The van der Waals surface area contributed by atoms with E-state index in [-0.39, 0.29) is 6.54 Å². The molecule has 0 fully saturated rings. The fourth-order valence-corrected chi connectivity index (χ4v) is 4.13. The molecule has 1 aromatic carbocycles. The molecular weight excluding hydrogens is 342 g/mol. The summed E-state index contributed by atoms with van der Waals surface area (Å²) in [5, 5.41) is 3.19. The number of furan rings is 1. The second-order valence-electron chi connectivity index (χ2n) is 5.19. The van der Waals surface area contributed by atoms with Crippen molar-refractivity contribution >= 4 is 27.4 Å². The number of benzene rings is 1. The quantitative estimate of drug-likeness (QED) is 0.630. The average molecular weight is 359 g/mol. The topological polar surface area (TPSA) is 50.5 Å². The van der Waals surface area contributed by atoms with Crippen LogP contribution >= 0.6 is 11.3 Å². The van der Waals surface area contributed by atoms with E-state index in [1.54, 1.807) is 24.5 Å². The zero-order chi connectivity index (χ0) is 16.8. The molecule has 2 aromatic heterocycles. The van der Waals surface area contributed by atoms with Gasteiger partial charge in [0.2, 0.25) is 10.0 Å². The highest BCUT2D eigenvalue weighted by Crippen LogP contribution is 2.19. The largest absolute Gasteiger partial charge is 0.468 e. The van der Waals surface area contributed by atoms with Crippen LogP contribution in [0.1, 0.15) is 16.2 Å². The SMILES string of the molecule is O=S(=O)(C=Cc1ccccc1)N(Cc1ccco1)Cc1cccs1. The second kappa shape index (κ2) is 7.61. The third kappa shape index (κ3) is 4.44. The summed E-state index contributed by atoms with van der Waals surface area (Å²) < 4.78 is 32.2. The zero-order valence-electron chi connectivity index (χ0n) is 12.9. The summed E-state index contributed by atoms with van der Waals surface area (Å²) in [5.41, 5.74) is 0.843. The van der Waals surface area contributed by atoms with Gasteiger partial charge < -0.3 is 4.42 Å². The Morgan fingerprint density at radius 2 is 1.83 bits per heavy atom. The van der Waals surface area contributed by atoms with Gasteiger partial charge in [-0.15, -0.1) is 11.3 Å². The molecule has 124 valence electrons. The molecule has 0 aliphatic carbocycles. The first-order valence-electron chi connectivity index (χ1n) is 7.41. The molecule has 4 nitrogen and oxygen atoms in total. The highest BCUT2D eigenvalue weighted by molar-refractivity contribution is 7.92. The van der Waals surface area contributed by atoms with Crippen LogP contribution in [-0.4, -0.2) is 12.7 Å². The minimum absolute atomic E-state index is 0.201. The van der Waals surface area contributed by atoms with Crippen molar-refractivity contribution in [3.8, 4) is 0 Å². The Hall–Kier alpha value is -2.15. The van der Waals surface area contributed by atoms with Crippen molar-refractivity contribution in [1.29, 1.82) is 0 Å². The summed E-state index contributed by atoms with van der Waals surface area (Å²) in [6.45, 7) is 0.520. The maximum absolute atomic E-state index is 12.8. The van der Waals surface area contributed by atoms with Gasteiger partial charge in [0.1, 0.15) is 5.76 Å². The van der Waals surface area contributed by atoms with Crippen molar-refractivity contribution in [3.05, 3.63) is 87.8 Å². The molecule has 0 bridgehead atoms. The summed E-state index contributed by atoms with van der Waals surface area (Å²) >= 11 is 1.53. The molecular formula is C18H17NO3S2. The number of hydrogen-bond acceptors (Lipinski definition) is 4. The van der Waals surface area contributed by atoms with Crippen molar-refractivity contribution in [1.82, 2.24) is 4.31 Å². The van der Waals surface area contributed by atoms with E-state index in [1.165, 1.54) is 21.1 Å². The summed E-state index contributed by atoms with van der Waals surface area (Å²) in [7, 11) is -3.57. The minimum Gasteiger partial charge on any atom is -0.468 e. The second-order valence-corrected chi connectivity index (χ2v) is 8.04. The monoisotopic (exact) mass is 359 g/mol. The van der Waals surface area contributed by atoms with Gasteiger partial charge in [0, 0.05) is 16.8 Å². The Balaban J connectivity index is 1.83. The number of hydrogen-bond donors (Lipinski definition) is 0. The van der Waals surface area contributed by atoms with Crippen molar-refractivity contribution in [3.63, 3.8) is 0 Å². The Bertz CT molecular complexity index is 832. The molecule has 0 amide bonds. The predicted molar refractivity (Wildman–Crippen MR) is 96.7 cm³/mol. The minimum atomic E-state index is -3.57. The van der Waals surface area contributed by atoms with E-state index in [4.69, 9.17) is 4.42 Å². The molecule has 0 aliphatic rings. The van der Waals surface area contributed by atoms with E-state index in [0.29, 0.717) is 12.3 Å². The molecule has 0 spiro atoms. The van der Waals surface area contributed by atoms with Gasteiger partial charge in [0.15, 0.2) is 0 Å². The van der Waals surface area contributed by atoms with Crippen molar-refractivity contribution in [2.75, 3.05) is 0 Å². The Morgan fingerprint density at radius 3 is 2.50 bits per heavy atom. The predicted octanol–water partition coefficient (Wildman–Crippen LogP) is 4.34. The summed E-state index contributed by atoms with van der Waals surface area (Å²) in [6, 6.07) is 16.7. The number of rotatable bonds is 7. The van der Waals surface area contributed by atoms with Gasteiger partial charge in [-0.05, 0) is 35.2 Å². The summed E-state index contributed by atoms with van der Waals surface area (Å²) in [6.07, 6.45) is 3.16. The lowest BCUT2D eigenvalue weighted by Crippen LogP contribution is -2.28. The smallest absolute Gasteiger partial charge is 0.236 e. The lowest BCUT2D eigenvalue weighted by molar-refractivity contribution is 0.365. The van der Waals surface area contributed by atoms with Gasteiger partial charge in [-0.2, -0.15) is 4.31 Å². The van der Waals surface area contributed by atoms with Crippen LogP contribution in [0.15, 0.2) is 76.1 Å². The van der Waals surface area contributed by atoms with Crippen molar-refractivity contribution < 1.29 is 12.8 Å². The molecule has 6 heteroatoms. The lowest BCUT2D eigenvalue weighted by Gasteiger charge is -2.18. The molecule has 0 radical (unpaired) electrons. The number of nitrogens with zero attached hydrogens (tertiary/aromatic N) is 1. The van der Waals surface area contributed by atoms with Gasteiger partial charge in [-0.25, -0.2) is 8.42 Å². The Kier molecular flexibility index (Phi) is 5.30. The van der Waals surface area contributed by atoms with Crippen LogP contribution in [0.25, 0.3) is 6.08 Å². The Labute approximate surface area is 145 Å². The van der Waals surface area contributed by atoms with Crippen LogP contribution in [0, 0.1) is 0 Å². The first kappa shape index (κ1) is 16.7. The molecule has 0 saturated carbocycles. The van der Waals surface area contributed by atoms with Gasteiger partial charge in [0.25, 0.3) is 0 Å². The van der Waals surface area contributed by atoms with Crippen LogP contribution in [0.4, 0.5) is 0 Å². The maximum atomic E-state index is 12.8. The molecule has 3 aromatic rings. The van der Waals surface area contributed by atoms with E-state index in [0.717, 1.165) is 10.4 Å². The Morgan fingerprint density at radius 1 is 1.00 bits per heavy atom. The van der Waals surface area contributed by atoms with Gasteiger partial charge >= 0.3 is 0 Å². The van der Waals surface area contributed by atoms with E-state index in [9.17, 15) is 8.42 Å². The number of sulfonamides is 1. The molecule has 2 heterocycles. The molecule has 0 N–H and O–H groups in total. The lowest BCUT2D eigenvalue weighted by atomic mass is 10.2. The molecule has 0 saturated heterocycles. The first-order valence-corrected chi connectivity index (χ1v) is 9.80. The molecule has 3 rings (SSSR count). The average Bonchev–Trinajstić information content (AvgIpc) is 3.27. The van der Waals surface area contributed by atoms with Gasteiger partial charge in [0.05, 0.1) is 12.8 Å². The van der Waals surface area contributed by atoms with Crippen molar-refractivity contribution in [2.24, 2.45) is 0 Å². The van der Waals surface area contributed by atoms with E-state index in [1.807, 2.05) is 47.8 Å². The highest BCUT2D eigenvalue weighted by atomic mass is 32.2. The van der Waals surface area contributed by atoms with Crippen LogP contribution in [0.3, 0.4) is 0 Å². The molecule has 0 unspecified atom stereocenters. The van der Waals surface area contributed by atoms with Crippen LogP contribution in [0.5, 0.6) is 0 Å². The molecule has 24 heavy (non-hydrogen) atoms.